The Labute approximate surface area is 108 Å². The molecule has 1 aromatic rings. The Balaban J connectivity index is 1.67. The highest BCUT2D eigenvalue weighted by atomic mass is 32.2. The van der Waals surface area contributed by atoms with Crippen LogP contribution in [-0.2, 0) is 22.9 Å². The second kappa shape index (κ2) is 4.24. The lowest BCUT2D eigenvalue weighted by Crippen LogP contribution is -2.25. The molecule has 0 amide bonds. The summed E-state index contributed by atoms with van der Waals surface area (Å²) in [6.45, 7) is 2.63. The molecule has 0 radical (unpaired) electrons. The molecule has 0 aromatic heterocycles. The molecule has 1 fully saturated rings. The Kier molecular flexibility index (Phi) is 2.83. The third-order valence-corrected chi connectivity index (χ3v) is 5.77. The minimum Gasteiger partial charge on any atom is -0.398 e. The summed E-state index contributed by atoms with van der Waals surface area (Å²) in [6, 6.07) is 6.02. The maximum absolute atomic E-state index is 11.4. The van der Waals surface area contributed by atoms with E-state index in [2.05, 4.69) is 11.0 Å². The Morgan fingerprint density at radius 1 is 1.33 bits per heavy atom. The van der Waals surface area contributed by atoms with Crippen LogP contribution in [-0.4, -0.2) is 31.4 Å². The minimum atomic E-state index is -2.76. The predicted molar refractivity (Wildman–Crippen MR) is 71.7 cm³/mol. The maximum atomic E-state index is 11.4. The molecule has 1 aromatic carbocycles. The molecule has 2 aliphatic rings. The van der Waals surface area contributed by atoms with Gasteiger partial charge in [-0.15, -0.1) is 0 Å². The molecule has 1 unspecified atom stereocenters. The van der Waals surface area contributed by atoms with Crippen LogP contribution in [0.3, 0.4) is 0 Å². The second-order valence-electron chi connectivity index (χ2n) is 5.42. The van der Waals surface area contributed by atoms with Gasteiger partial charge in [0.15, 0.2) is 9.84 Å². The third-order valence-electron chi connectivity index (χ3n) is 3.93. The molecule has 2 aliphatic heterocycles. The van der Waals surface area contributed by atoms with Crippen molar-refractivity contribution >= 4 is 15.5 Å². The van der Waals surface area contributed by atoms with Crippen LogP contribution in [0.4, 0.5) is 5.69 Å². The lowest BCUT2D eigenvalue weighted by atomic mass is 10.1. The summed E-state index contributed by atoms with van der Waals surface area (Å²) in [5, 5.41) is 0. The number of nitrogens with two attached hydrogens (primary N) is 1. The number of rotatable bonds is 2. The molecule has 2 heterocycles. The molecule has 2 N–H and O–H groups in total. The molecule has 0 aliphatic carbocycles. The topological polar surface area (TPSA) is 63.4 Å². The summed E-state index contributed by atoms with van der Waals surface area (Å²) in [7, 11) is -2.76. The number of hydrogen-bond acceptors (Lipinski definition) is 4. The van der Waals surface area contributed by atoms with Crippen LogP contribution in [0.2, 0.25) is 0 Å². The van der Waals surface area contributed by atoms with E-state index in [0.29, 0.717) is 17.4 Å². The van der Waals surface area contributed by atoms with Crippen LogP contribution in [0, 0.1) is 5.92 Å². The van der Waals surface area contributed by atoms with E-state index in [-0.39, 0.29) is 0 Å². The molecule has 98 valence electrons. The van der Waals surface area contributed by atoms with E-state index in [0.717, 1.165) is 31.7 Å². The van der Waals surface area contributed by atoms with Gasteiger partial charge < -0.3 is 5.73 Å². The van der Waals surface area contributed by atoms with Gasteiger partial charge in [-0.25, -0.2) is 8.42 Å². The van der Waals surface area contributed by atoms with Gasteiger partial charge in [-0.1, -0.05) is 12.1 Å². The number of fused-ring (bicyclic) bond motifs is 1. The van der Waals surface area contributed by atoms with Gasteiger partial charge in [-0.2, -0.15) is 0 Å². The van der Waals surface area contributed by atoms with Gasteiger partial charge in [-0.05, 0) is 29.5 Å². The van der Waals surface area contributed by atoms with Crippen molar-refractivity contribution in [2.75, 3.05) is 23.8 Å². The fraction of sp³-hybridized carbons (Fsp3) is 0.538. The highest BCUT2D eigenvalue weighted by molar-refractivity contribution is 7.91. The number of hydrogen-bond donors (Lipinski definition) is 1. The van der Waals surface area contributed by atoms with Gasteiger partial charge in [0.1, 0.15) is 0 Å². The van der Waals surface area contributed by atoms with E-state index in [1.807, 2.05) is 12.1 Å². The molecule has 5 heteroatoms. The van der Waals surface area contributed by atoms with Crippen LogP contribution in [0.5, 0.6) is 0 Å². The zero-order valence-corrected chi connectivity index (χ0v) is 11.1. The van der Waals surface area contributed by atoms with Crippen molar-refractivity contribution in [3.8, 4) is 0 Å². The number of sulfone groups is 1. The van der Waals surface area contributed by atoms with Crippen molar-refractivity contribution in [3.05, 3.63) is 29.3 Å². The fourth-order valence-corrected chi connectivity index (χ4v) is 4.88. The summed E-state index contributed by atoms with van der Waals surface area (Å²) >= 11 is 0. The van der Waals surface area contributed by atoms with E-state index >= 15 is 0 Å². The van der Waals surface area contributed by atoms with E-state index in [4.69, 9.17) is 5.73 Å². The molecule has 18 heavy (non-hydrogen) atoms. The molecule has 0 spiro atoms. The first-order valence-electron chi connectivity index (χ1n) is 6.32. The predicted octanol–water partition coefficient (Wildman–Crippen LogP) is 1.02. The van der Waals surface area contributed by atoms with E-state index < -0.39 is 9.84 Å². The van der Waals surface area contributed by atoms with Gasteiger partial charge in [0.05, 0.1) is 11.5 Å². The quantitative estimate of drug-likeness (QED) is 0.812. The zero-order chi connectivity index (χ0) is 12.8. The molecular weight excluding hydrogens is 248 g/mol. The third kappa shape index (κ3) is 2.24. The molecule has 1 atom stereocenters. The summed E-state index contributed by atoms with van der Waals surface area (Å²) in [4.78, 5) is 2.31. The first kappa shape index (κ1) is 12.0. The monoisotopic (exact) mass is 266 g/mol. The van der Waals surface area contributed by atoms with E-state index in [9.17, 15) is 8.42 Å². The number of nitrogens with zero attached hydrogens (tertiary/aromatic N) is 1. The highest BCUT2D eigenvalue weighted by Gasteiger charge is 2.31. The summed E-state index contributed by atoms with van der Waals surface area (Å²) < 4.78 is 22.9. The molecule has 1 saturated heterocycles. The van der Waals surface area contributed by atoms with Crippen molar-refractivity contribution < 1.29 is 8.42 Å². The zero-order valence-electron chi connectivity index (χ0n) is 10.3. The normalized spacial score (nSPS) is 26.3. The van der Waals surface area contributed by atoms with Gasteiger partial charge in [0, 0.05) is 25.3 Å². The molecule has 4 nitrogen and oxygen atoms in total. The van der Waals surface area contributed by atoms with Gasteiger partial charge >= 0.3 is 0 Å². The average molecular weight is 266 g/mol. The van der Waals surface area contributed by atoms with E-state index in [1.165, 1.54) is 11.1 Å². The highest BCUT2D eigenvalue weighted by Crippen LogP contribution is 2.29. The van der Waals surface area contributed by atoms with Crippen LogP contribution >= 0.6 is 0 Å². The van der Waals surface area contributed by atoms with Gasteiger partial charge in [-0.3, -0.25) is 4.90 Å². The molecule has 0 saturated carbocycles. The Morgan fingerprint density at radius 3 is 2.83 bits per heavy atom. The summed E-state index contributed by atoms with van der Waals surface area (Å²) in [5.41, 5.74) is 9.33. The molecule has 0 bridgehead atoms. The first-order chi connectivity index (χ1) is 8.53. The lowest BCUT2D eigenvalue weighted by Gasteiger charge is -2.18. The molecule has 3 rings (SSSR count). The second-order valence-corrected chi connectivity index (χ2v) is 7.65. The van der Waals surface area contributed by atoms with Crippen molar-refractivity contribution in [1.82, 2.24) is 4.90 Å². The van der Waals surface area contributed by atoms with Crippen LogP contribution < -0.4 is 5.73 Å². The van der Waals surface area contributed by atoms with Crippen molar-refractivity contribution in [2.45, 2.75) is 19.5 Å². The largest absolute Gasteiger partial charge is 0.398 e. The van der Waals surface area contributed by atoms with Crippen LogP contribution in [0.25, 0.3) is 0 Å². The smallest absolute Gasteiger partial charge is 0.150 e. The number of benzene rings is 1. The number of nitrogen functional groups attached to an aromatic ring is 1. The lowest BCUT2D eigenvalue weighted by molar-refractivity contribution is 0.246. The SMILES string of the molecule is Nc1cccc2c1CN(CC1CCS(=O)(=O)C1)C2. The van der Waals surface area contributed by atoms with Crippen molar-refractivity contribution in [1.29, 1.82) is 0 Å². The van der Waals surface area contributed by atoms with Crippen LogP contribution in [0.1, 0.15) is 17.5 Å². The summed E-state index contributed by atoms with van der Waals surface area (Å²) in [5.74, 6) is 1.01. The van der Waals surface area contributed by atoms with Crippen molar-refractivity contribution in [2.24, 2.45) is 5.92 Å². The average Bonchev–Trinajstić information content (AvgIpc) is 2.83. The van der Waals surface area contributed by atoms with E-state index in [1.54, 1.807) is 0 Å². The minimum absolute atomic E-state index is 0.297. The van der Waals surface area contributed by atoms with Crippen LogP contribution in [0.15, 0.2) is 18.2 Å². The summed E-state index contributed by atoms with van der Waals surface area (Å²) in [6.07, 6.45) is 0.810. The number of anilines is 1. The standard InChI is InChI=1S/C13H18N2O2S/c14-13-3-1-2-11-7-15(8-12(11)13)6-10-4-5-18(16,17)9-10/h1-3,10H,4-9,14H2. The van der Waals surface area contributed by atoms with Crippen molar-refractivity contribution in [3.63, 3.8) is 0 Å². The fourth-order valence-electron chi connectivity index (χ4n) is 3.03. The maximum Gasteiger partial charge on any atom is 0.150 e. The van der Waals surface area contributed by atoms with Gasteiger partial charge in [0.2, 0.25) is 0 Å². The van der Waals surface area contributed by atoms with Gasteiger partial charge in [0.25, 0.3) is 0 Å². The Bertz CT molecular complexity index is 568. The Morgan fingerprint density at radius 2 is 2.17 bits per heavy atom. The molecular formula is C13H18N2O2S. The Hall–Kier alpha value is -1.07. The first-order valence-corrected chi connectivity index (χ1v) is 8.15.